The molecule has 1 atom stereocenters. The Morgan fingerprint density at radius 3 is 2.73 bits per heavy atom. The third-order valence-electron chi connectivity index (χ3n) is 2.06. The van der Waals surface area contributed by atoms with Crippen LogP contribution in [0.1, 0.15) is 32.6 Å². The molecule has 0 rings (SSSR count). The van der Waals surface area contributed by atoms with Crippen LogP contribution in [0.5, 0.6) is 0 Å². The number of hydrogen-bond acceptors (Lipinski definition) is 2. The van der Waals surface area contributed by atoms with Gasteiger partial charge in [0.2, 0.25) is 0 Å². The van der Waals surface area contributed by atoms with E-state index >= 15 is 0 Å². The van der Waals surface area contributed by atoms with Crippen LogP contribution in [0.3, 0.4) is 0 Å². The van der Waals surface area contributed by atoms with Crippen molar-refractivity contribution in [3.8, 4) is 0 Å². The molecule has 0 heterocycles. The fourth-order valence-corrected chi connectivity index (χ4v) is 1.38. The minimum absolute atomic E-state index is 0.0215. The molecule has 0 fully saturated rings. The average molecular weight is 235 g/mol. The maximum absolute atomic E-state index is 5.76. The summed E-state index contributed by atoms with van der Waals surface area (Å²) in [6.07, 6.45) is 6.63. The number of halogens is 1. The monoisotopic (exact) mass is 234 g/mol. The highest BCUT2D eigenvalue weighted by molar-refractivity contribution is 6.18. The first-order valence-corrected chi connectivity index (χ1v) is 6.24. The summed E-state index contributed by atoms with van der Waals surface area (Å²) in [5, 5.41) is 0. The van der Waals surface area contributed by atoms with Crippen molar-refractivity contribution in [3.63, 3.8) is 0 Å². The molecule has 0 aliphatic heterocycles. The van der Waals surface area contributed by atoms with Crippen LogP contribution in [0, 0.1) is 0 Å². The molecule has 0 saturated heterocycles. The van der Waals surface area contributed by atoms with Gasteiger partial charge in [0, 0.05) is 6.61 Å². The predicted octanol–water partition coefficient (Wildman–Crippen LogP) is 3.39. The highest BCUT2D eigenvalue weighted by Gasteiger charge is 2.06. The SMILES string of the molecule is C=CCOCC(CCl)OCCCCCC. The van der Waals surface area contributed by atoms with Crippen molar-refractivity contribution in [2.24, 2.45) is 0 Å². The van der Waals surface area contributed by atoms with Crippen LogP contribution >= 0.6 is 11.6 Å². The van der Waals surface area contributed by atoms with Crippen LogP contribution < -0.4 is 0 Å². The van der Waals surface area contributed by atoms with E-state index in [4.69, 9.17) is 21.1 Å². The fourth-order valence-electron chi connectivity index (χ4n) is 1.20. The van der Waals surface area contributed by atoms with Gasteiger partial charge in [-0.25, -0.2) is 0 Å². The summed E-state index contributed by atoms with van der Waals surface area (Å²) < 4.78 is 10.9. The molecule has 0 amide bonds. The van der Waals surface area contributed by atoms with Crippen molar-refractivity contribution in [1.82, 2.24) is 0 Å². The third kappa shape index (κ3) is 10.2. The molecule has 0 N–H and O–H groups in total. The molecular weight excluding hydrogens is 212 g/mol. The summed E-state index contributed by atoms with van der Waals surface area (Å²) in [5.74, 6) is 0.491. The molecule has 0 bridgehead atoms. The van der Waals surface area contributed by atoms with Crippen molar-refractivity contribution >= 4 is 11.6 Å². The Bertz CT molecular complexity index is 140. The van der Waals surface area contributed by atoms with Gasteiger partial charge in [-0.2, -0.15) is 0 Å². The smallest absolute Gasteiger partial charge is 0.0943 e. The van der Waals surface area contributed by atoms with Gasteiger partial charge in [0.25, 0.3) is 0 Å². The Hall–Kier alpha value is -0.0500. The number of rotatable bonds is 11. The molecule has 0 spiro atoms. The normalized spacial score (nSPS) is 12.7. The van der Waals surface area contributed by atoms with Crippen molar-refractivity contribution in [1.29, 1.82) is 0 Å². The van der Waals surface area contributed by atoms with Crippen molar-refractivity contribution in [3.05, 3.63) is 12.7 Å². The van der Waals surface area contributed by atoms with Crippen molar-refractivity contribution < 1.29 is 9.47 Å². The second kappa shape index (κ2) is 12.0. The van der Waals surface area contributed by atoms with E-state index in [2.05, 4.69) is 13.5 Å². The topological polar surface area (TPSA) is 18.5 Å². The lowest BCUT2D eigenvalue weighted by Crippen LogP contribution is -2.22. The molecule has 0 saturated carbocycles. The van der Waals surface area contributed by atoms with Gasteiger partial charge < -0.3 is 9.47 Å². The second-order valence-electron chi connectivity index (χ2n) is 3.53. The zero-order valence-electron chi connectivity index (χ0n) is 9.71. The maximum atomic E-state index is 5.76. The van der Waals surface area contributed by atoms with Gasteiger partial charge in [-0.1, -0.05) is 32.3 Å². The Morgan fingerprint density at radius 1 is 1.33 bits per heavy atom. The number of alkyl halides is 1. The number of unbranched alkanes of at least 4 members (excludes halogenated alkanes) is 3. The summed E-state index contributed by atoms with van der Waals surface area (Å²) in [5.41, 5.74) is 0. The molecule has 0 aromatic carbocycles. The largest absolute Gasteiger partial charge is 0.375 e. The summed E-state index contributed by atoms with van der Waals surface area (Å²) in [6, 6.07) is 0. The minimum Gasteiger partial charge on any atom is -0.375 e. The molecule has 2 nitrogen and oxygen atoms in total. The van der Waals surface area contributed by atoms with Crippen LogP contribution in [0.15, 0.2) is 12.7 Å². The van der Waals surface area contributed by atoms with Gasteiger partial charge in [0.1, 0.15) is 0 Å². The highest BCUT2D eigenvalue weighted by Crippen LogP contribution is 2.03. The van der Waals surface area contributed by atoms with Crippen LogP contribution in [0.2, 0.25) is 0 Å². The Kier molecular flexibility index (Phi) is 12.0. The minimum atomic E-state index is 0.0215. The van der Waals surface area contributed by atoms with Crippen molar-refractivity contribution in [2.45, 2.75) is 38.7 Å². The molecule has 15 heavy (non-hydrogen) atoms. The van der Waals surface area contributed by atoms with Crippen LogP contribution in [-0.4, -0.2) is 31.8 Å². The Morgan fingerprint density at radius 2 is 2.13 bits per heavy atom. The van der Waals surface area contributed by atoms with E-state index in [9.17, 15) is 0 Å². The first-order valence-electron chi connectivity index (χ1n) is 5.71. The Labute approximate surface area is 98.6 Å². The summed E-state index contributed by atoms with van der Waals surface area (Å²) in [4.78, 5) is 0. The molecule has 0 aliphatic carbocycles. The van der Waals surface area contributed by atoms with E-state index in [0.29, 0.717) is 19.1 Å². The van der Waals surface area contributed by atoms with Gasteiger partial charge >= 0.3 is 0 Å². The van der Waals surface area contributed by atoms with E-state index in [1.807, 2.05) is 0 Å². The molecule has 0 aromatic rings. The lowest BCUT2D eigenvalue weighted by Gasteiger charge is -2.14. The maximum Gasteiger partial charge on any atom is 0.0943 e. The van der Waals surface area contributed by atoms with E-state index in [1.165, 1.54) is 19.3 Å². The van der Waals surface area contributed by atoms with Gasteiger partial charge in [0.15, 0.2) is 0 Å². The summed E-state index contributed by atoms with van der Waals surface area (Å²) >= 11 is 5.76. The molecule has 90 valence electrons. The van der Waals surface area contributed by atoms with E-state index in [-0.39, 0.29) is 6.10 Å². The lowest BCUT2D eigenvalue weighted by molar-refractivity contribution is 0.00112. The zero-order valence-corrected chi connectivity index (χ0v) is 10.5. The van der Waals surface area contributed by atoms with Gasteiger partial charge in [0.05, 0.1) is 25.2 Å². The average Bonchev–Trinajstić information content (AvgIpc) is 2.26. The molecular formula is C12H23ClO2. The van der Waals surface area contributed by atoms with Gasteiger partial charge in [-0.05, 0) is 6.42 Å². The lowest BCUT2D eigenvalue weighted by atomic mass is 10.2. The Balaban J connectivity index is 3.31. The van der Waals surface area contributed by atoms with Crippen LogP contribution in [0.4, 0.5) is 0 Å². The highest BCUT2D eigenvalue weighted by atomic mass is 35.5. The quantitative estimate of drug-likeness (QED) is 0.310. The number of ether oxygens (including phenoxy) is 2. The van der Waals surface area contributed by atoms with Crippen molar-refractivity contribution in [2.75, 3.05) is 25.7 Å². The fraction of sp³-hybridized carbons (Fsp3) is 0.833. The van der Waals surface area contributed by atoms with Crippen LogP contribution in [-0.2, 0) is 9.47 Å². The zero-order chi connectivity index (χ0) is 11.4. The van der Waals surface area contributed by atoms with Gasteiger partial charge in [-0.3, -0.25) is 0 Å². The molecule has 0 aliphatic rings. The van der Waals surface area contributed by atoms with E-state index < -0.39 is 0 Å². The molecule has 1 unspecified atom stereocenters. The van der Waals surface area contributed by atoms with Gasteiger partial charge in [-0.15, -0.1) is 18.2 Å². The first-order chi connectivity index (χ1) is 7.35. The first kappa shape index (κ1) is 14.9. The van der Waals surface area contributed by atoms with E-state index in [0.717, 1.165) is 13.0 Å². The standard InChI is InChI=1S/C12H23ClO2/c1-3-5-6-7-9-15-12(10-13)11-14-8-4-2/h4,12H,2-3,5-11H2,1H3. The number of hydrogen-bond donors (Lipinski definition) is 0. The van der Waals surface area contributed by atoms with E-state index in [1.54, 1.807) is 6.08 Å². The second-order valence-corrected chi connectivity index (χ2v) is 3.84. The summed E-state index contributed by atoms with van der Waals surface area (Å²) in [7, 11) is 0. The molecule has 3 heteroatoms. The van der Waals surface area contributed by atoms with Crippen LogP contribution in [0.25, 0.3) is 0 Å². The molecule has 0 aromatic heterocycles. The summed E-state index contributed by atoms with van der Waals surface area (Å²) in [6.45, 7) is 7.69. The predicted molar refractivity (Wildman–Crippen MR) is 65.6 cm³/mol. The molecule has 0 radical (unpaired) electrons. The third-order valence-corrected chi connectivity index (χ3v) is 2.41.